The highest BCUT2D eigenvalue weighted by atomic mass is 79.9. The molecule has 0 heterocycles. The van der Waals surface area contributed by atoms with Crippen molar-refractivity contribution in [3.63, 3.8) is 0 Å². The molecule has 3 heteroatoms. The van der Waals surface area contributed by atoms with Crippen LogP contribution in [-0.4, -0.2) is 6.04 Å². The number of rotatable bonds is 2. The molecule has 0 saturated carbocycles. The molecule has 2 atom stereocenters. The maximum absolute atomic E-state index is 14.1. The van der Waals surface area contributed by atoms with Crippen molar-refractivity contribution in [2.24, 2.45) is 5.73 Å². The molecule has 0 spiro atoms. The molecule has 1 rings (SSSR count). The molecule has 1 aromatic rings. The van der Waals surface area contributed by atoms with Crippen molar-refractivity contribution >= 4 is 15.9 Å². The molecule has 0 saturated heterocycles. The Hall–Kier alpha value is -0.410. The van der Waals surface area contributed by atoms with E-state index in [4.69, 9.17) is 5.73 Å². The smallest absolute Gasteiger partial charge is 0.149 e. The lowest BCUT2D eigenvalue weighted by atomic mass is 9.92. The molecular formula is C10H13BrFN. The van der Waals surface area contributed by atoms with E-state index in [0.29, 0.717) is 5.56 Å². The van der Waals surface area contributed by atoms with Crippen LogP contribution in [0.4, 0.5) is 4.39 Å². The van der Waals surface area contributed by atoms with Gasteiger partial charge in [0.05, 0.1) is 0 Å². The maximum Gasteiger partial charge on any atom is 0.149 e. The van der Waals surface area contributed by atoms with Crippen molar-refractivity contribution in [1.29, 1.82) is 0 Å². The van der Waals surface area contributed by atoms with Crippen molar-refractivity contribution in [1.82, 2.24) is 0 Å². The third kappa shape index (κ3) is 2.09. The van der Waals surface area contributed by atoms with Crippen molar-refractivity contribution in [3.8, 4) is 0 Å². The lowest BCUT2D eigenvalue weighted by Crippen LogP contribution is -2.37. The van der Waals surface area contributed by atoms with Crippen molar-refractivity contribution in [2.75, 3.05) is 0 Å². The van der Waals surface area contributed by atoms with Gasteiger partial charge in [-0.25, -0.2) is 4.39 Å². The van der Waals surface area contributed by atoms with Gasteiger partial charge in [0, 0.05) is 16.1 Å². The van der Waals surface area contributed by atoms with Gasteiger partial charge in [-0.05, 0) is 19.9 Å². The molecule has 0 bridgehead atoms. The van der Waals surface area contributed by atoms with Crippen LogP contribution in [0, 0.1) is 0 Å². The summed E-state index contributed by atoms with van der Waals surface area (Å²) in [6.07, 6.45) is 0. The average molecular weight is 246 g/mol. The summed E-state index contributed by atoms with van der Waals surface area (Å²) >= 11 is 3.30. The van der Waals surface area contributed by atoms with Gasteiger partial charge in [-0.15, -0.1) is 0 Å². The summed E-state index contributed by atoms with van der Waals surface area (Å²) < 4.78 is 14.8. The molecule has 0 aliphatic heterocycles. The lowest BCUT2D eigenvalue weighted by molar-refractivity contribution is 0.157. The highest BCUT2D eigenvalue weighted by Gasteiger charge is 2.31. The molecule has 0 fully saturated rings. The molecule has 2 unspecified atom stereocenters. The lowest BCUT2D eigenvalue weighted by Gasteiger charge is -2.25. The van der Waals surface area contributed by atoms with E-state index < -0.39 is 11.7 Å². The van der Waals surface area contributed by atoms with Gasteiger partial charge in [-0.1, -0.05) is 34.1 Å². The van der Waals surface area contributed by atoms with Crippen LogP contribution in [0.25, 0.3) is 0 Å². The predicted molar refractivity (Wildman–Crippen MR) is 56.3 cm³/mol. The normalized spacial score (nSPS) is 17.9. The minimum atomic E-state index is -1.49. The van der Waals surface area contributed by atoms with E-state index in [2.05, 4.69) is 15.9 Å². The zero-order valence-electron chi connectivity index (χ0n) is 7.72. The third-order valence-corrected chi connectivity index (χ3v) is 2.95. The summed E-state index contributed by atoms with van der Waals surface area (Å²) in [5.41, 5.74) is 4.69. The number of benzene rings is 1. The molecule has 1 aromatic carbocycles. The van der Waals surface area contributed by atoms with Gasteiger partial charge in [0.1, 0.15) is 5.67 Å². The van der Waals surface area contributed by atoms with Gasteiger partial charge in [-0.3, -0.25) is 0 Å². The first-order valence-corrected chi connectivity index (χ1v) is 4.95. The first-order valence-electron chi connectivity index (χ1n) is 4.15. The van der Waals surface area contributed by atoms with Crippen LogP contribution in [0.3, 0.4) is 0 Å². The summed E-state index contributed by atoms with van der Waals surface area (Å²) in [6, 6.07) is 6.69. The average Bonchev–Trinajstić information content (AvgIpc) is 2.04. The highest BCUT2D eigenvalue weighted by molar-refractivity contribution is 9.10. The van der Waals surface area contributed by atoms with Crippen molar-refractivity contribution in [3.05, 3.63) is 34.3 Å². The number of nitrogens with two attached hydrogens (primary N) is 1. The van der Waals surface area contributed by atoms with Crippen LogP contribution in [0.5, 0.6) is 0 Å². The minimum absolute atomic E-state index is 0.522. The predicted octanol–water partition coefficient (Wildman–Crippen LogP) is 2.98. The molecule has 0 radical (unpaired) electrons. The Morgan fingerprint density at radius 3 is 2.46 bits per heavy atom. The second-order valence-electron chi connectivity index (χ2n) is 3.34. The van der Waals surface area contributed by atoms with E-state index in [1.165, 1.54) is 6.92 Å². The summed E-state index contributed by atoms with van der Waals surface area (Å²) in [4.78, 5) is 0. The second-order valence-corrected chi connectivity index (χ2v) is 4.20. The standard InChI is InChI=1S/C10H13BrFN/c1-7(13)10(2,12)8-5-3-4-6-9(8)11/h3-7H,13H2,1-2H3. The Bertz CT molecular complexity index is 297. The molecule has 72 valence electrons. The largest absolute Gasteiger partial charge is 0.325 e. The Kier molecular flexibility index (Phi) is 3.09. The Labute approximate surface area is 86.3 Å². The maximum atomic E-state index is 14.1. The van der Waals surface area contributed by atoms with Gasteiger partial charge in [0.15, 0.2) is 0 Å². The molecular weight excluding hydrogens is 233 g/mol. The van der Waals surface area contributed by atoms with E-state index >= 15 is 0 Å². The summed E-state index contributed by atoms with van der Waals surface area (Å²) in [6.45, 7) is 3.16. The number of alkyl halides is 1. The van der Waals surface area contributed by atoms with E-state index in [1.54, 1.807) is 19.1 Å². The number of halogens is 2. The van der Waals surface area contributed by atoms with Crippen molar-refractivity contribution < 1.29 is 4.39 Å². The fraction of sp³-hybridized carbons (Fsp3) is 0.400. The van der Waals surface area contributed by atoms with Gasteiger partial charge in [0.25, 0.3) is 0 Å². The van der Waals surface area contributed by atoms with Crippen LogP contribution in [-0.2, 0) is 5.67 Å². The van der Waals surface area contributed by atoms with E-state index in [0.717, 1.165) is 4.47 Å². The second kappa shape index (κ2) is 3.76. The summed E-state index contributed by atoms with van der Waals surface area (Å²) in [7, 11) is 0. The molecule has 0 aliphatic carbocycles. The van der Waals surface area contributed by atoms with E-state index in [-0.39, 0.29) is 0 Å². The zero-order valence-corrected chi connectivity index (χ0v) is 9.31. The van der Waals surface area contributed by atoms with Crippen molar-refractivity contribution in [2.45, 2.75) is 25.6 Å². The summed E-state index contributed by atoms with van der Waals surface area (Å²) in [5, 5.41) is 0. The van der Waals surface area contributed by atoms with Gasteiger partial charge in [-0.2, -0.15) is 0 Å². The molecule has 0 aromatic heterocycles. The Balaban J connectivity index is 3.14. The van der Waals surface area contributed by atoms with E-state index in [1.807, 2.05) is 12.1 Å². The fourth-order valence-corrected chi connectivity index (χ4v) is 1.78. The first kappa shape index (κ1) is 10.7. The van der Waals surface area contributed by atoms with Crippen LogP contribution >= 0.6 is 15.9 Å². The molecule has 13 heavy (non-hydrogen) atoms. The molecule has 1 nitrogen and oxygen atoms in total. The molecule has 2 N–H and O–H groups in total. The molecule has 0 amide bonds. The van der Waals surface area contributed by atoms with Crippen LogP contribution < -0.4 is 5.73 Å². The van der Waals surface area contributed by atoms with Gasteiger partial charge < -0.3 is 5.73 Å². The monoisotopic (exact) mass is 245 g/mol. The molecule has 0 aliphatic rings. The Morgan fingerprint density at radius 1 is 1.46 bits per heavy atom. The highest BCUT2D eigenvalue weighted by Crippen LogP contribution is 2.33. The van der Waals surface area contributed by atoms with E-state index in [9.17, 15) is 4.39 Å². The van der Waals surface area contributed by atoms with Gasteiger partial charge in [0.2, 0.25) is 0 Å². The van der Waals surface area contributed by atoms with Crippen LogP contribution in [0.2, 0.25) is 0 Å². The first-order chi connectivity index (χ1) is 5.96. The van der Waals surface area contributed by atoms with Crippen LogP contribution in [0.1, 0.15) is 19.4 Å². The third-order valence-electron chi connectivity index (χ3n) is 2.26. The fourth-order valence-electron chi connectivity index (χ4n) is 1.10. The quantitative estimate of drug-likeness (QED) is 0.852. The topological polar surface area (TPSA) is 26.0 Å². The number of hydrogen-bond acceptors (Lipinski definition) is 1. The SMILES string of the molecule is CC(N)C(C)(F)c1ccccc1Br. The Morgan fingerprint density at radius 2 is 2.00 bits per heavy atom. The zero-order chi connectivity index (χ0) is 10.1. The van der Waals surface area contributed by atoms with Gasteiger partial charge >= 0.3 is 0 Å². The van der Waals surface area contributed by atoms with Crippen LogP contribution in [0.15, 0.2) is 28.7 Å². The number of hydrogen-bond donors (Lipinski definition) is 1. The summed E-state index contributed by atoms with van der Waals surface area (Å²) in [5.74, 6) is 0. The minimum Gasteiger partial charge on any atom is -0.325 e.